The van der Waals surface area contributed by atoms with E-state index >= 15 is 0 Å². The van der Waals surface area contributed by atoms with Crippen LogP contribution < -0.4 is 0 Å². The van der Waals surface area contributed by atoms with Crippen molar-refractivity contribution in [3.05, 3.63) is 0 Å². The number of hydrogen-bond acceptors (Lipinski definition) is 1. The molecule has 2 bridgehead atoms. The third-order valence-electron chi connectivity index (χ3n) is 6.78. The van der Waals surface area contributed by atoms with Gasteiger partial charge in [-0.1, -0.05) is 58.3 Å². The number of rotatable bonds is 10. The molecule has 0 aromatic carbocycles. The van der Waals surface area contributed by atoms with Crippen LogP contribution in [-0.4, -0.2) is 12.2 Å². The molecule has 0 N–H and O–H groups in total. The fourth-order valence-corrected chi connectivity index (χ4v) is 5.74. The molecular weight excluding hydrogens is 256 g/mol. The zero-order chi connectivity index (χ0) is 14.5. The molecular formula is C20H36O. The van der Waals surface area contributed by atoms with Crippen LogP contribution in [0.2, 0.25) is 0 Å². The number of fused-ring (bicyclic) bond motifs is 5. The molecule has 0 aromatic rings. The minimum atomic E-state index is 0.354. The summed E-state index contributed by atoms with van der Waals surface area (Å²) < 4.78 is 6.54. The summed E-state index contributed by atoms with van der Waals surface area (Å²) >= 11 is 0. The highest BCUT2D eigenvalue weighted by Crippen LogP contribution is 2.62. The van der Waals surface area contributed by atoms with Crippen molar-refractivity contribution in [2.75, 3.05) is 6.61 Å². The van der Waals surface area contributed by atoms with E-state index in [1.54, 1.807) is 0 Å². The average Bonchev–Trinajstić information content (AvgIpc) is 3.18. The van der Waals surface area contributed by atoms with Crippen LogP contribution in [0.5, 0.6) is 0 Å². The van der Waals surface area contributed by atoms with Crippen LogP contribution in [0.4, 0.5) is 0 Å². The van der Waals surface area contributed by atoms with E-state index in [4.69, 9.17) is 4.74 Å². The number of hydrogen-bond donors (Lipinski definition) is 0. The third-order valence-corrected chi connectivity index (χ3v) is 6.78. The second kappa shape index (κ2) is 7.49. The molecule has 1 heteroatoms. The second-order valence-corrected chi connectivity index (χ2v) is 8.09. The maximum Gasteiger partial charge on any atom is 0.0716 e. The van der Waals surface area contributed by atoms with Crippen molar-refractivity contribution in [1.29, 1.82) is 0 Å². The van der Waals surface area contributed by atoms with Crippen LogP contribution >= 0.6 is 0 Å². The molecule has 4 atom stereocenters. The molecule has 0 saturated heterocycles. The van der Waals surface area contributed by atoms with Crippen molar-refractivity contribution in [2.45, 2.75) is 102 Å². The zero-order valence-corrected chi connectivity index (χ0v) is 14.2. The molecule has 122 valence electrons. The summed E-state index contributed by atoms with van der Waals surface area (Å²) in [5.41, 5.74) is 0.354. The van der Waals surface area contributed by atoms with Crippen LogP contribution in [0.25, 0.3) is 0 Å². The van der Waals surface area contributed by atoms with Gasteiger partial charge in [0.1, 0.15) is 0 Å². The smallest absolute Gasteiger partial charge is 0.0716 e. The van der Waals surface area contributed by atoms with Crippen LogP contribution in [0, 0.1) is 17.8 Å². The Morgan fingerprint density at radius 3 is 2.48 bits per heavy atom. The number of ether oxygens (including phenoxy) is 1. The molecule has 1 nitrogen and oxygen atoms in total. The van der Waals surface area contributed by atoms with E-state index < -0.39 is 0 Å². The first-order valence-corrected chi connectivity index (χ1v) is 10.00. The predicted octanol–water partition coefficient (Wildman–Crippen LogP) is 6.11. The Morgan fingerprint density at radius 1 is 0.905 bits per heavy atom. The Bertz CT molecular complexity index is 313. The first-order valence-electron chi connectivity index (χ1n) is 10.00. The van der Waals surface area contributed by atoms with E-state index in [0.29, 0.717) is 5.60 Å². The summed E-state index contributed by atoms with van der Waals surface area (Å²) in [6.07, 6.45) is 20.0. The lowest BCUT2D eigenvalue weighted by Gasteiger charge is -2.36. The van der Waals surface area contributed by atoms with E-state index in [1.807, 2.05) is 0 Å². The van der Waals surface area contributed by atoms with E-state index in [1.165, 1.54) is 89.9 Å². The molecule has 0 heterocycles. The lowest BCUT2D eigenvalue weighted by atomic mass is 9.79. The Hall–Kier alpha value is -0.0400. The van der Waals surface area contributed by atoms with Gasteiger partial charge in [0.2, 0.25) is 0 Å². The largest absolute Gasteiger partial charge is 0.375 e. The molecule has 3 saturated carbocycles. The summed E-state index contributed by atoms with van der Waals surface area (Å²) in [7, 11) is 0. The van der Waals surface area contributed by atoms with Crippen molar-refractivity contribution in [2.24, 2.45) is 17.8 Å². The Kier molecular flexibility index (Phi) is 5.65. The topological polar surface area (TPSA) is 9.23 Å². The molecule has 0 aromatic heterocycles. The monoisotopic (exact) mass is 292 g/mol. The molecule has 3 fully saturated rings. The van der Waals surface area contributed by atoms with Gasteiger partial charge in [0.05, 0.1) is 5.60 Å². The van der Waals surface area contributed by atoms with Gasteiger partial charge in [-0.3, -0.25) is 0 Å². The summed E-state index contributed by atoms with van der Waals surface area (Å²) in [6, 6.07) is 0. The van der Waals surface area contributed by atoms with Crippen LogP contribution in [0.1, 0.15) is 96.8 Å². The maximum absolute atomic E-state index is 6.54. The van der Waals surface area contributed by atoms with Gasteiger partial charge in [-0.15, -0.1) is 0 Å². The van der Waals surface area contributed by atoms with Gasteiger partial charge in [-0.05, 0) is 56.3 Å². The van der Waals surface area contributed by atoms with Gasteiger partial charge in [-0.25, -0.2) is 0 Å². The van der Waals surface area contributed by atoms with Gasteiger partial charge >= 0.3 is 0 Å². The van der Waals surface area contributed by atoms with Crippen molar-refractivity contribution in [3.8, 4) is 0 Å². The molecule has 0 spiro atoms. The predicted molar refractivity (Wildman–Crippen MR) is 89.5 cm³/mol. The molecule has 0 aliphatic heterocycles. The van der Waals surface area contributed by atoms with Crippen molar-refractivity contribution < 1.29 is 4.74 Å². The summed E-state index contributed by atoms with van der Waals surface area (Å²) in [5.74, 6) is 3.04. The SMILES string of the molecule is CCCCCCCCCCOC12CCC(C1)C1CCCC12. The van der Waals surface area contributed by atoms with E-state index in [2.05, 4.69) is 6.92 Å². The molecule has 21 heavy (non-hydrogen) atoms. The molecule has 0 amide bonds. The van der Waals surface area contributed by atoms with E-state index in [9.17, 15) is 0 Å². The van der Waals surface area contributed by atoms with Gasteiger partial charge in [-0.2, -0.15) is 0 Å². The lowest BCUT2D eigenvalue weighted by molar-refractivity contribution is -0.0783. The molecule has 3 aliphatic rings. The minimum Gasteiger partial charge on any atom is -0.375 e. The second-order valence-electron chi connectivity index (χ2n) is 8.09. The average molecular weight is 293 g/mol. The van der Waals surface area contributed by atoms with Crippen molar-refractivity contribution in [3.63, 3.8) is 0 Å². The van der Waals surface area contributed by atoms with Crippen molar-refractivity contribution >= 4 is 0 Å². The molecule has 0 radical (unpaired) electrons. The first-order chi connectivity index (χ1) is 10.4. The van der Waals surface area contributed by atoms with Crippen molar-refractivity contribution in [1.82, 2.24) is 0 Å². The van der Waals surface area contributed by atoms with Gasteiger partial charge in [0.15, 0.2) is 0 Å². The Labute approximate surface area is 132 Å². The Morgan fingerprint density at radius 2 is 1.67 bits per heavy atom. The highest BCUT2D eigenvalue weighted by atomic mass is 16.5. The summed E-state index contributed by atoms with van der Waals surface area (Å²) in [6.45, 7) is 3.34. The van der Waals surface area contributed by atoms with Gasteiger partial charge < -0.3 is 4.74 Å². The van der Waals surface area contributed by atoms with Gasteiger partial charge in [0, 0.05) is 6.61 Å². The van der Waals surface area contributed by atoms with Crippen LogP contribution in [0.15, 0.2) is 0 Å². The zero-order valence-electron chi connectivity index (χ0n) is 14.2. The Balaban J connectivity index is 1.28. The lowest BCUT2D eigenvalue weighted by Crippen LogP contribution is -2.37. The summed E-state index contributed by atoms with van der Waals surface area (Å²) in [5, 5.41) is 0. The first kappa shape index (κ1) is 15.8. The summed E-state index contributed by atoms with van der Waals surface area (Å²) in [4.78, 5) is 0. The third kappa shape index (κ3) is 3.49. The highest BCUT2D eigenvalue weighted by molar-refractivity contribution is 5.09. The van der Waals surface area contributed by atoms with E-state index in [0.717, 1.165) is 24.4 Å². The molecule has 3 aliphatic carbocycles. The van der Waals surface area contributed by atoms with Crippen LogP contribution in [-0.2, 0) is 4.74 Å². The molecule has 3 rings (SSSR count). The molecule has 4 unspecified atom stereocenters. The van der Waals surface area contributed by atoms with E-state index in [-0.39, 0.29) is 0 Å². The van der Waals surface area contributed by atoms with Crippen LogP contribution in [0.3, 0.4) is 0 Å². The standard InChI is InChI=1S/C20H36O/c1-2-3-4-5-6-7-8-9-15-21-20-14-13-17(16-20)18-11-10-12-19(18)20/h17-19H,2-16H2,1H3. The minimum absolute atomic E-state index is 0.354. The maximum atomic E-state index is 6.54. The highest BCUT2D eigenvalue weighted by Gasteiger charge is 2.59. The fraction of sp³-hybridized carbons (Fsp3) is 1.00. The van der Waals surface area contributed by atoms with Gasteiger partial charge in [0.25, 0.3) is 0 Å². The fourth-order valence-electron chi connectivity index (χ4n) is 5.74. The normalized spacial score (nSPS) is 37.3. The number of unbranched alkanes of at least 4 members (excludes halogenated alkanes) is 7. The quantitative estimate of drug-likeness (QED) is 0.441.